The lowest BCUT2D eigenvalue weighted by Crippen LogP contribution is -2.48. The number of carbonyl (C=O) groups excluding carboxylic acids is 1. The minimum atomic E-state index is 0.112. The number of halogens is 2. The van der Waals surface area contributed by atoms with E-state index in [0.29, 0.717) is 6.61 Å². The molecule has 0 radical (unpaired) electrons. The summed E-state index contributed by atoms with van der Waals surface area (Å²) >= 11 is 11.1. The van der Waals surface area contributed by atoms with Crippen LogP contribution in [0.2, 0.25) is 5.02 Å². The van der Waals surface area contributed by atoms with Crippen LogP contribution in [-0.4, -0.2) is 41.9 Å². The quantitative estimate of drug-likeness (QED) is 0.400. The largest absolute Gasteiger partial charge is 0.489 e. The Balaban J connectivity index is 1.28. The predicted molar refractivity (Wildman–Crippen MR) is 130 cm³/mol. The second-order valence-corrected chi connectivity index (χ2v) is 9.95. The first-order valence-corrected chi connectivity index (χ1v) is 12.3. The van der Waals surface area contributed by atoms with Gasteiger partial charge in [0.05, 0.1) is 4.88 Å². The monoisotopic (exact) mass is 518 g/mol. The number of amides is 1. The van der Waals surface area contributed by atoms with E-state index in [4.69, 9.17) is 16.3 Å². The highest BCUT2D eigenvalue weighted by atomic mass is 79.9. The Morgan fingerprint density at radius 2 is 1.90 bits per heavy atom. The van der Waals surface area contributed by atoms with Gasteiger partial charge in [0.25, 0.3) is 5.91 Å². The minimum absolute atomic E-state index is 0.112. The molecule has 0 bridgehead atoms. The summed E-state index contributed by atoms with van der Waals surface area (Å²) in [5.74, 6) is 0.892. The molecule has 0 atom stereocenters. The third-order valence-corrected chi connectivity index (χ3v) is 7.24. The highest BCUT2D eigenvalue weighted by molar-refractivity contribution is 9.10. The van der Waals surface area contributed by atoms with Crippen molar-refractivity contribution in [3.8, 4) is 5.75 Å². The Morgan fingerprint density at radius 1 is 1.10 bits per heavy atom. The molecule has 162 valence electrons. The summed E-state index contributed by atoms with van der Waals surface area (Å²) in [7, 11) is 0. The average Bonchev–Trinajstić information content (AvgIpc) is 3.24. The van der Waals surface area contributed by atoms with E-state index in [1.165, 1.54) is 16.9 Å². The van der Waals surface area contributed by atoms with E-state index in [9.17, 15) is 4.79 Å². The van der Waals surface area contributed by atoms with E-state index >= 15 is 0 Å². The van der Waals surface area contributed by atoms with Crippen LogP contribution in [0.4, 0.5) is 0 Å². The van der Waals surface area contributed by atoms with Gasteiger partial charge in [-0.2, -0.15) is 0 Å². The summed E-state index contributed by atoms with van der Waals surface area (Å²) in [5, 5.41) is 2.73. The molecule has 0 N–H and O–H groups in total. The number of piperazine rings is 1. The van der Waals surface area contributed by atoms with Crippen LogP contribution in [0.1, 0.15) is 26.4 Å². The van der Waals surface area contributed by atoms with Gasteiger partial charge in [-0.05, 0) is 59.8 Å². The SMILES string of the molecule is Cc1cc(OCc2csc(C(=O)N3CCN(Cc4cccc(Br)c4)CC3)c2)ccc1Cl. The normalized spacial score (nSPS) is 14.6. The van der Waals surface area contributed by atoms with E-state index in [-0.39, 0.29) is 5.91 Å². The van der Waals surface area contributed by atoms with Crippen LogP contribution in [0, 0.1) is 6.92 Å². The molecule has 2 aromatic carbocycles. The molecule has 1 aromatic heterocycles. The highest BCUT2D eigenvalue weighted by Crippen LogP contribution is 2.24. The third kappa shape index (κ3) is 5.89. The maximum Gasteiger partial charge on any atom is 0.264 e. The number of thiophene rings is 1. The molecule has 0 saturated carbocycles. The Labute approximate surface area is 200 Å². The zero-order valence-corrected chi connectivity index (χ0v) is 20.5. The molecular weight excluding hydrogens is 496 g/mol. The fraction of sp³-hybridized carbons (Fsp3) is 0.292. The van der Waals surface area contributed by atoms with Crippen LogP contribution >= 0.6 is 38.9 Å². The van der Waals surface area contributed by atoms with Gasteiger partial charge in [-0.3, -0.25) is 9.69 Å². The van der Waals surface area contributed by atoms with Gasteiger partial charge < -0.3 is 9.64 Å². The van der Waals surface area contributed by atoms with Gasteiger partial charge >= 0.3 is 0 Å². The standard InChI is InChI=1S/C24H24BrClN2O2S/c1-17-11-21(5-6-22(17)26)30-15-19-13-23(31-16-19)24(29)28-9-7-27(8-10-28)14-18-3-2-4-20(25)12-18/h2-6,11-13,16H,7-10,14-15H2,1H3. The van der Waals surface area contributed by atoms with E-state index in [2.05, 4.69) is 39.0 Å². The lowest BCUT2D eigenvalue weighted by Gasteiger charge is -2.34. The van der Waals surface area contributed by atoms with Crippen molar-refractivity contribution < 1.29 is 9.53 Å². The molecular formula is C24H24BrClN2O2S. The van der Waals surface area contributed by atoms with Crippen LogP contribution in [0.25, 0.3) is 0 Å². The number of benzene rings is 2. The molecule has 1 amide bonds. The summed E-state index contributed by atoms with van der Waals surface area (Å²) in [5.41, 5.74) is 3.28. The molecule has 4 rings (SSSR count). The number of carbonyl (C=O) groups is 1. The van der Waals surface area contributed by atoms with E-state index in [1.807, 2.05) is 47.5 Å². The number of rotatable bonds is 6. The van der Waals surface area contributed by atoms with Crippen LogP contribution in [0.3, 0.4) is 0 Å². The molecule has 3 aromatic rings. The number of aryl methyl sites for hydroxylation is 1. The first-order chi connectivity index (χ1) is 15.0. The van der Waals surface area contributed by atoms with Gasteiger partial charge in [-0.1, -0.05) is 39.7 Å². The predicted octanol–water partition coefficient (Wildman–Crippen LogP) is 6.01. The fourth-order valence-electron chi connectivity index (χ4n) is 3.60. The van der Waals surface area contributed by atoms with Crippen molar-refractivity contribution >= 4 is 44.8 Å². The summed E-state index contributed by atoms with van der Waals surface area (Å²) < 4.78 is 6.96. The van der Waals surface area contributed by atoms with Crippen molar-refractivity contribution in [1.82, 2.24) is 9.80 Å². The van der Waals surface area contributed by atoms with Crippen LogP contribution in [0.5, 0.6) is 5.75 Å². The Morgan fingerprint density at radius 3 is 2.65 bits per heavy atom. The molecule has 1 fully saturated rings. The van der Waals surface area contributed by atoms with E-state index < -0.39 is 0 Å². The summed E-state index contributed by atoms with van der Waals surface area (Å²) in [4.78, 5) is 18.1. The smallest absolute Gasteiger partial charge is 0.264 e. The first-order valence-electron chi connectivity index (χ1n) is 10.2. The van der Waals surface area contributed by atoms with Crippen LogP contribution in [-0.2, 0) is 13.2 Å². The fourth-order valence-corrected chi connectivity index (χ4v) is 5.02. The Bertz CT molecular complexity index is 1060. The van der Waals surface area contributed by atoms with Crippen LogP contribution < -0.4 is 4.74 Å². The zero-order chi connectivity index (χ0) is 21.8. The molecule has 0 unspecified atom stereocenters. The topological polar surface area (TPSA) is 32.8 Å². The van der Waals surface area contributed by atoms with Crippen molar-refractivity contribution in [2.75, 3.05) is 26.2 Å². The second kappa shape index (κ2) is 10.2. The van der Waals surface area contributed by atoms with E-state index in [1.54, 1.807) is 0 Å². The molecule has 4 nitrogen and oxygen atoms in total. The van der Waals surface area contributed by atoms with E-state index in [0.717, 1.165) is 64.0 Å². The second-order valence-electron chi connectivity index (χ2n) is 7.72. The van der Waals surface area contributed by atoms with Gasteiger partial charge in [0.15, 0.2) is 0 Å². The number of ether oxygens (including phenoxy) is 1. The highest BCUT2D eigenvalue weighted by Gasteiger charge is 2.23. The lowest BCUT2D eigenvalue weighted by molar-refractivity contribution is 0.0633. The zero-order valence-electron chi connectivity index (χ0n) is 17.3. The van der Waals surface area contributed by atoms with Crippen molar-refractivity contribution in [2.24, 2.45) is 0 Å². The number of hydrogen-bond donors (Lipinski definition) is 0. The maximum absolute atomic E-state index is 12.9. The summed E-state index contributed by atoms with van der Waals surface area (Å²) in [6.07, 6.45) is 0. The van der Waals surface area contributed by atoms with Gasteiger partial charge in [0, 0.05) is 47.8 Å². The first kappa shape index (κ1) is 22.3. The maximum atomic E-state index is 12.9. The Kier molecular flexibility index (Phi) is 7.33. The molecule has 1 aliphatic rings. The van der Waals surface area contributed by atoms with Gasteiger partial charge in [-0.15, -0.1) is 11.3 Å². The van der Waals surface area contributed by atoms with Gasteiger partial charge in [-0.25, -0.2) is 0 Å². The van der Waals surface area contributed by atoms with Crippen molar-refractivity contribution in [2.45, 2.75) is 20.1 Å². The lowest BCUT2D eigenvalue weighted by atomic mass is 10.2. The van der Waals surface area contributed by atoms with Crippen LogP contribution in [0.15, 0.2) is 58.4 Å². The molecule has 0 spiro atoms. The van der Waals surface area contributed by atoms with Gasteiger partial charge in [0.1, 0.15) is 12.4 Å². The van der Waals surface area contributed by atoms with Gasteiger partial charge in [0.2, 0.25) is 0 Å². The van der Waals surface area contributed by atoms with Crippen molar-refractivity contribution in [3.05, 3.63) is 85.0 Å². The third-order valence-electron chi connectivity index (χ3n) is 5.35. The molecule has 7 heteroatoms. The molecule has 1 aliphatic heterocycles. The summed E-state index contributed by atoms with van der Waals surface area (Å²) in [6.45, 7) is 6.57. The molecule has 1 saturated heterocycles. The number of nitrogens with zero attached hydrogens (tertiary/aromatic N) is 2. The average molecular weight is 520 g/mol. The molecule has 31 heavy (non-hydrogen) atoms. The number of hydrogen-bond acceptors (Lipinski definition) is 4. The van der Waals surface area contributed by atoms with Crippen molar-refractivity contribution in [1.29, 1.82) is 0 Å². The molecule has 0 aliphatic carbocycles. The Hall–Kier alpha value is -1.86. The molecule has 2 heterocycles. The van der Waals surface area contributed by atoms with Crippen molar-refractivity contribution in [3.63, 3.8) is 0 Å². The minimum Gasteiger partial charge on any atom is -0.489 e. The summed E-state index contributed by atoms with van der Waals surface area (Å²) in [6, 6.07) is 16.0.